The average molecular weight is 335 g/mol. The molecule has 0 aliphatic rings. The van der Waals surface area contributed by atoms with Crippen LogP contribution in [0.3, 0.4) is 0 Å². The summed E-state index contributed by atoms with van der Waals surface area (Å²) in [5.74, 6) is 1.55. The lowest BCUT2D eigenvalue weighted by Crippen LogP contribution is -2.42. The molecule has 0 aromatic rings. The molecule has 0 fully saturated rings. The van der Waals surface area contributed by atoms with Gasteiger partial charge in [0, 0.05) is 25.7 Å². The molecule has 0 radical (unpaired) electrons. The zero-order valence-corrected chi connectivity index (χ0v) is 15.6. The van der Waals surface area contributed by atoms with Gasteiger partial charge in [0.15, 0.2) is 5.96 Å². The minimum atomic E-state index is -3.10. The number of nitrogens with zero attached hydrogens (tertiary/aromatic N) is 1. The summed E-state index contributed by atoms with van der Waals surface area (Å²) in [6.07, 6.45) is 5.44. The van der Waals surface area contributed by atoms with Gasteiger partial charge in [0.05, 0.1) is 6.26 Å². The van der Waals surface area contributed by atoms with E-state index in [-0.39, 0.29) is 0 Å². The second kappa shape index (κ2) is 11.7. The van der Waals surface area contributed by atoms with Gasteiger partial charge >= 0.3 is 0 Å². The van der Waals surface area contributed by atoms with Crippen molar-refractivity contribution >= 4 is 16.0 Å². The van der Waals surface area contributed by atoms with Crippen molar-refractivity contribution in [1.29, 1.82) is 0 Å². The Bertz CT molecular complexity index is 408. The van der Waals surface area contributed by atoms with Gasteiger partial charge in [0.1, 0.15) is 0 Å². The van der Waals surface area contributed by atoms with E-state index in [9.17, 15) is 8.42 Å². The van der Waals surface area contributed by atoms with Gasteiger partial charge < -0.3 is 10.6 Å². The first-order valence-electron chi connectivity index (χ1n) is 8.24. The fourth-order valence-corrected chi connectivity index (χ4v) is 2.50. The fraction of sp³-hybridized carbons (Fsp3) is 0.933. The van der Waals surface area contributed by atoms with E-state index >= 15 is 0 Å². The monoisotopic (exact) mass is 334 g/mol. The smallest absolute Gasteiger partial charge is 0.208 e. The molecule has 0 aliphatic heterocycles. The second-order valence-corrected chi connectivity index (χ2v) is 7.98. The highest BCUT2D eigenvalue weighted by Gasteiger charge is 2.05. The highest BCUT2D eigenvalue weighted by atomic mass is 32.2. The molecule has 22 heavy (non-hydrogen) atoms. The predicted octanol–water partition coefficient (Wildman–Crippen LogP) is 1.70. The maximum absolute atomic E-state index is 11.0. The van der Waals surface area contributed by atoms with Crippen LogP contribution in [0.15, 0.2) is 4.99 Å². The number of nitrogens with one attached hydrogen (secondary N) is 3. The van der Waals surface area contributed by atoms with Crippen molar-refractivity contribution in [2.24, 2.45) is 10.9 Å². The van der Waals surface area contributed by atoms with Crippen LogP contribution >= 0.6 is 0 Å². The molecule has 0 saturated heterocycles. The van der Waals surface area contributed by atoms with Crippen LogP contribution in [0.25, 0.3) is 0 Å². The van der Waals surface area contributed by atoms with Gasteiger partial charge in [-0.15, -0.1) is 0 Å². The van der Waals surface area contributed by atoms with Gasteiger partial charge in [-0.3, -0.25) is 4.99 Å². The number of hydrogen-bond donors (Lipinski definition) is 3. The van der Waals surface area contributed by atoms with E-state index in [0.717, 1.165) is 24.8 Å². The lowest BCUT2D eigenvalue weighted by molar-refractivity contribution is 0.491. The molecule has 132 valence electrons. The van der Waals surface area contributed by atoms with Crippen molar-refractivity contribution in [3.8, 4) is 0 Å². The van der Waals surface area contributed by atoms with Gasteiger partial charge in [0.25, 0.3) is 0 Å². The molecule has 0 spiro atoms. The number of aliphatic imine (C=N–C) groups is 1. The molecule has 0 amide bonds. The Morgan fingerprint density at radius 1 is 1.14 bits per heavy atom. The van der Waals surface area contributed by atoms with E-state index in [0.29, 0.717) is 25.6 Å². The Labute approximate surface area is 136 Å². The molecule has 0 heterocycles. The molecule has 6 nitrogen and oxygen atoms in total. The molecule has 1 unspecified atom stereocenters. The van der Waals surface area contributed by atoms with E-state index < -0.39 is 10.0 Å². The fourth-order valence-electron chi connectivity index (χ4n) is 1.99. The van der Waals surface area contributed by atoms with Crippen LogP contribution in [0.4, 0.5) is 0 Å². The minimum absolute atomic E-state index is 0.380. The third-order valence-electron chi connectivity index (χ3n) is 3.12. The number of guanidine groups is 1. The Hall–Kier alpha value is -0.820. The summed E-state index contributed by atoms with van der Waals surface area (Å²) in [5, 5.41) is 6.62. The zero-order valence-electron chi connectivity index (χ0n) is 14.8. The Morgan fingerprint density at radius 2 is 1.82 bits per heavy atom. The minimum Gasteiger partial charge on any atom is -0.357 e. The van der Waals surface area contributed by atoms with Crippen LogP contribution in [0.5, 0.6) is 0 Å². The van der Waals surface area contributed by atoms with Gasteiger partial charge in [0.2, 0.25) is 10.0 Å². The molecule has 0 saturated carbocycles. The standard InChI is InChI=1S/C15H34N4O2S/c1-6-16-15(17-11-8-12-18-22(5,20)21)19-14(4)10-7-9-13(2)3/h13-14,18H,6-12H2,1-5H3,(H2,16,17,19). The van der Waals surface area contributed by atoms with Crippen molar-refractivity contribution in [3.05, 3.63) is 0 Å². The Balaban J connectivity index is 4.08. The van der Waals surface area contributed by atoms with Crippen LogP contribution < -0.4 is 15.4 Å². The SMILES string of the molecule is CCNC(=NCCCNS(C)(=O)=O)NC(C)CCCC(C)C. The largest absolute Gasteiger partial charge is 0.357 e. The molecule has 3 N–H and O–H groups in total. The lowest BCUT2D eigenvalue weighted by Gasteiger charge is -2.18. The zero-order chi connectivity index (χ0) is 17.0. The summed E-state index contributed by atoms with van der Waals surface area (Å²) < 4.78 is 24.4. The van der Waals surface area contributed by atoms with Gasteiger partial charge in [-0.05, 0) is 32.6 Å². The number of sulfonamides is 1. The molecule has 0 rings (SSSR count). The third kappa shape index (κ3) is 14.1. The highest BCUT2D eigenvalue weighted by Crippen LogP contribution is 2.08. The average Bonchev–Trinajstić information content (AvgIpc) is 2.36. The molecule has 1 atom stereocenters. The number of hydrogen-bond acceptors (Lipinski definition) is 3. The van der Waals surface area contributed by atoms with Gasteiger partial charge in [-0.1, -0.05) is 26.7 Å². The first-order chi connectivity index (χ1) is 10.2. The summed E-state index contributed by atoms with van der Waals surface area (Å²) in [6, 6.07) is 0.380. The van der Waals surface area contributed by atoms with Gasteiger partial charge in [-0.2, -0.15) is 0 Å². The van der Waals surface area contributed by atoms with E-state index in [1.807, 2.05) is 6.92 Å². The van der Waals surface area contributed by atoms with Gasteiger partial charge in [-0.25, -0.2) is 13.1 Å². The molecule has 0 aromatic carbocycles. The van der Waals surface area contributed by atoms with Crippen LogP contribution in [-0.2, 0) is 10.0 Å². The summed E-state index contributed by atoms with van der Waals surface area (Å²) in [5.41, 5.74) is 0. The second-order valence-electron chi connectivity index (χ2n) is 6.15. The molecular formula is C15H34N4O2S. The summed E-state index contributed by atoms with van der Waals surface area (Å²) in [6.45, 7) is 10.5. The van der Waals surface area contributed by atoms with E-state index in [1.165, 1.54) is 19.1 Å². The normalized spacial score (nSPS) is 14.2. The maximum Gasteiger partial charge on any atom is 0.208 e. The van der Waals surface area contributed by atoms with Crippen molar-refractivity contribution < 1.29 is 8.42 Å². The van der Waals surface area contributed by atoms with Crippen molar-refractivity contribution in [2.45, 2.75) is 59.4 Å². The molecule has 0 bridgehead atoms. The first kappa shape index (κ1) is 21.2. The summed E-state index contributed by atoms with van der Waals surface area (Å²) in [7, 11) is -3.10. The van der Waals surface area contributed by atoms with Crippen LogP contribution in [0.1, 0.15) is 53.4 Å². The molecule has 7 heteroatoms. The maximum atomic E-state index is 11.0. The predicted molar refractivity (Wildman–Crippen MR) is 94.7 cm³/mol. The van der Waals surface area contributed by atoms with Crippen molar-refractivity contribution in [1.82, 2.24) is 15.4 Å². The summed E-state index contributed by atoms with van der Waals surface area (Å²) in [4.78, 5) is 4.48. The third-order valence-corrected chi connectivity index (χ3v) is 3.84. The van der Waals surface area contributed by atoms with E-state index in [4.69, 9.17) is 0 Å². The molecular weight excluding hydrogens is 300 g/mol. The molecule has 0 aliphatic carbocycles. The molecule has 0 aromatic heterocycles. The highest BCUT2D eigenvalue weighted by molar-refractivity contribution is 7.88. The Morgan fingerprint density at radius 3 is 2.36 bits per heavy atom. The van der Waals surface area contributed by atoms with Crippen LogP contribution in [-0.4, -0.2) is 46.3 Å². The van der Waals surface area contributed by atoms with Crippen molar-refractivity contribution in [3.63, 3.8) is 0 Å². The van der Waals surface area contributed by atoms with Crippen molar-refractivity contribution in [2.75, 3.05) is 25.9 Å². The quantitative estimate of drug-likeness (QED) is 0.305. The Kier molecular flexibility index (Phi) is 11.3. The number of rotatable bonds is 11. The lowest BCUT2D eigenvalue weighted by atomic mass is 10.0. The topological polar surface area (TPSA) is 82.6 Å². The summed E-state index contributed by atoms with van der Waals surface area (Å²) >= 11 is 0. The van der Waals surface area contributed by atoms with E-state index in [2.05, 4.69) is 41.1 Å². The first-order valence-corrected chi connectivity index (χ1v) is 10.1. The van der Waals surface area contributed by atoms with Crippen LogP contribution in [0.2, 0.25) is 0 Å². The van der Waals surface area contributed by atoms with E-state index in [1.54, 1.807) is 0 Å². The van der Waals surface area contributed by atoms with Crippen LogP contribution in [0, 0.1) is 5.92 Å².